The quantitative estimate of drug-likeness (QED) is 0.375. The van der Waals surface area contributed by atoms with Crippen LogP contribution in [0.15, 0.2) is 0 Å². The lowest BCUT2D eigenvalue weighted by molar-refractivity contribution is 0.828. The molecule has 0 aromatic carbocycles. The molecule has 0 bridgehead atoms. The van der Waals surface area contributed by atoms with Crippen LogP contribution < -0.4 is 0 Å². The molecule has 0 heteroatoms. The van der Waals surface area contributed by atoms with E-state index in [1.807, 2.05) is 0 Å². The number of hydrogen-bond donors (Lipinski definition) is 0. The fourth-order valence-corrected chi connectivity index (χ4v) is 0.279. The maximum atomic E-state index is 4.96. The molecule has 0 nitrogen and oxygen atoms in total. The SMILES string of the molecule is C#C.C#CCCCC. The van der Waals surface area contributed by atoms with Gasteiger partial charge in [0.15, 0.2) is 0 Å². The Balaban J connectivity index is 0. The van der Waals surface area contributed by atoms with Crippen molar-refractivity contribution in [2.45, 2.75) is 26.2 Å². The first kappa shape index (κ1) is 10.2. The van der Waals surface area contributed by atoms with E-state index in [9.17, 15) is 0 Å². The summed E-state index contributed by atoms with van der Waals surface area (Å²) in [6.45, 7) is 2.14. The van der Waals surface area contributed by atoms with Crippen LogP contribution in [0.3, 0.4) is 0 Å². The van der Waals surface area contributed by atoms with Crippen molar-refractivity contribution in [3.8, 4) is 25.2 Å². The Labute approximate surface area is 52.3 Å². The van der Waals surface area contributed by atoms with Crippen LogP contribution in [-0.4, -0.2) is 0 Å². The average Bonchev–Trinajstić information content (AvgIpc) is 1.88. The maximum absolute atomic E-state index is 4.96. The molecule has 0 aromatic rings. The highest BCUT2D eigenvalue weighted by molar-refractivity contribution is 4.82. The largest absolute Gasteiger partial charge is 0.124 e. The van der Waals surface area contributed by atoms with Gasteiger partial charge in [-0.3, -0.25) is 0 Å². The maximum Gasteiger partial charge on any atom is 0.00859 e. The van der Waals surface area contributed by atoms with Crippen LogP contribution in [0, 0.1) is 25.2 Å². The molecule has 0 rings (SSSR count). The molecule has 0 unspecified atom stereocenters. The van der Waals surface area contributed by atoms with Crippen LogP contribution in [0.5, 0.6) is 0 Å². The van der Waals surface area contributed by atoms with Gasteiger partial charge >= 0.3 is 0 Å². The summed E-state index contributed by atoms with van der Waals surface area (Å²) < 4.78 is 0. The zero-order chi connectivity index (χ0) is 6.83. The van der Waals surface area contributed by atoms with Crippen molar-refractivity contribution < 1.29 is 0 Å². The molecule has 8 heavy (non-hydrogen) atoms. The molecular weight excluding hydrogens is 96.1 g/mol. The summed E-state index contributed by atoms with van der Waals surface area (Å²) in [7, 11) is 0. The predicted octanol–water partition coefficient (Wildman–Crippen LogP) is 2.06. The molecule has 0 amide bonds. The highest BCUT2D eigenvalue weighted by Gasteiger charge is 1.71. The van der Waals surface area contributed by atoms with Crippen molar-refractivity contribution in [3.63, 3.8) is 0 Å². The third-order valence-electron chi connectivity index (χ3n) is 0.675. The number of terminal acetylenes is 2. The third-order valence-corrected chi connectivity index (χ3v) is 0.675. The summed E-state index contributed by atoms with van der Waals surface area (Å²) in [5.74, 6) is 2.57. The summed E-state index contributed by atoms with van der Waals surface area (Å²) in [4.78, 5) is 0. The van der Waals surface area contributed by atoms with Crippen molar-refractivity contribution in [3.05, 3.63) is 0 Å². The second-order valence-electron chi connectivity index (χ2n) is 1.31. The highest BCUT2D eigenvalue weighted by Crippen LogP contribution is 1.88. The van der Waals surface area contributed by atoms with Crippen molar-refractivity contribution in [1.82, 2.24) is 0 Å². The van der Waals surface area contributed by atoms with Crippen LogP contribution in [0.25, 0.3) is 0 Å². The molecule has 44 valence electrons. The second-order valence-corrected chi connectivity index (χ2v) is 1.31. The Hall–Kier alpha value is -0.880. The minimum absolute atomic E-state index is 0.941. The van der Waals surface area contributed by atoms with E-state index in [1.54, 1.807) is 0 Å². The monoisotopic (exact) mass is 108 g/mol. The van der Waals surface area contributed by atoms with E-state index in [4.69, 9.17) is 6.42 Å². The fourth-order valence-electron chi connectivity index (χ4n) is 0.279. The Morgan fingerprint density at radius 1 is 1.38 bits per heavy atom. The lowest BCUT2D eigenvalue weighted by Crippen LogP contribution is -1.62. The van der Waals surface area contributed by atoms with Crippen LogP contribution in [0.4, 0.5) is 0 Å². The molecule has 0 aliphatic heterocycles. The van der Waals surface area contributed by atoms with Crippen LogP contribution in [0.2, 0.25) is 0 Å². The van der Waals surface area contributed by atoms with Gasteiger partial charge in [0, 0.05) is 6.42 Å². The molecule has 0 spiro atoms. The Morgan fingerprint density at radius 3 is 2.00 bits per heavy atom. The third kappa shape index (κ3) is 19.3. The van der Waals surface area contributed by atoms with E-state index in [1.165, 1.54) is 12.8 Å². The lowest BCUT2D eigenvalue weighted by atomic mass is 10.3. The van der Waals surface area contributed by atoms with Crippen molar-refractivity contribution in [2.24, 2.45) is 0 Å². The second kappa shape index (κ2) is 16.5. The standard InChI is InChI=1S/C6H10.C2H2/c1-3-5-6-4-2;1-2/h1H,4-6H2,2H3;1-2H. The Bertz CT molecular complexity index is 71.8. The van der Waals surface area contributed by atoms with Gasteiger partial charge in [0.05, 0.1) is 0 Å². The number of unbranched alkanes of at least 4 members (excludes halogenated alkanes) is 2. The summed E-state index contributed by atoms with van der Waals surface area (Å²) in [6.07, 6.45) is 16.3. The molecule has 0 fully saturated rings. The van der Waals surface area contributed by atoms with E-state index in [0.717, 1.165) is 6.42 Å². The van der Waals surface area contributed by atoms with Crippen LogP contribution >= 0.6 is 0 Å². The van der Waals surface area contributed by atoms with Crippen molar-refractivity contribution in [1.29, 1.82) is 0 Å². The van der Waals surface area contributed by atoms with E-state index in [2.05, 4.69) is 25.7 Å². The van der Waals surface area contributed by atoms with E-state index >= 15 is 0 Å². The predicted molar refractivity (Wildman–Crippen MR) is 38.2 cm³/mol. The summed E-state index contributed by atoms with van der Waals surface area (Å²) in [5.41, 5.74) is 0. The fraction of sp³-hybridized carbons (Fsp3) is 0.500. The van der Waals surface area contributed by atoms with Gasteiger partial charge in [0.2, 0.25) is 0 Å². The van der Waals surface area contributed by atoms with E-state index in [-0.39, 0.29) is 0 Å². The van der Waals surface area contributed by atoms with Gasteiger partial charge in [-0.05, 0) is 6.42 Å². The number of rotatable bonds is 2. The topological polar surface area (TPSA) is 0 Å². The zero-order valence-electron chi connectivity index (χ0n) is 5.35. The first-order valence-electron chi connectivity index (χ1n) is 2.68. The average molecular weight is 108 g/mol. The van der Waals surface area contributed by atoms with Gasteiger partial charge in [0.25, 0.3) is 0 Å². The van der Waals surface area contributed by atoms with E-state index in [0.29, 0.717) is 0 Å². The van der Waals surface area contributed by atoms with Crippen molar-refractivity contribution in [2.75, 3.05) is 0 Å². The van der Waals surface area contributed by atoms with Gasteiger partial charge in [0.1, 0.15) is 0 Å². The molecule has 0 aromatic heterocycles. The summed E-state index contributed by atoms with van der Waals surface area (Å²) >= 11 is 0. The molecule has 0 aliphatic carbocycles. The minimum Gasteiger partial charge on any atom is -0.124 e. The molecule has 0 atom stereocenters. The lowest BCUT2D eigenvalue weighted by Gasteiger charge is -1.79. The normalized spacial score (nSPS) is 5.75. The zero-order valence-corrected chi connectivity index (χ0v) is 5.35. The van der Waals surface area contributed by atoms with Gasteiger partial charge in [-0.1, -0.05) is 13.3 Å². The number of hydrogen-bond acceptors (Lipinski definition) is 0. The molecular formula is C8H12. The molecule has 0 N–H and O–H groups in total. The highest BCUT2D eigenvalue weighted by atomic mass is 13.8. The molecule has 0 saturated heterocycles. The van der Waals surface area contributed by atoms with Gasteiger partial charge in [-0.25, -0.2) is 0 Å². The summed E-state index contributed by atoms with van der Waals surface area (Å²) in [5, 5.41) is 0. The molecule has 0 saturated carbocycles. The van der Waals surface area contributed by atoms with Crippen LogP contribution in [0.1, 0.15) is 26.2 Å². The minimum atomic E-state index is 0.941. The van der Waals surface area contributed by atoms with Gasteiger partial charge in [-0.15, -0.1) is 25.2 Å². The summed E-state index contributed by atoms with van der Waals surface area (Å²) in [6, 6.07) is 0. The van der Waals surface area contributed by atoms with E-state index < -0.39 is 0 Å². The molecule has 0 heterocycles. The first-order chi connectivity index (χ1) is 3.91. The van der Waals surface area contributed by atoms with Crippen LogP contribution in [-0.2, 0) is 0 Å². The van der Waals surface area contributed by atoms with Crippen molar-refractivity contribution >= 4 is 0 Å². The van der Waals surface area contributed by atoms with Gasteiger partial charge in [-0.2, -0.15) is 0 Å². The molecule has 0 radical (unpaired) electrons. The molecule has 0 aliphatic rings. The van der Waals surface area contributed by atoms with Gasteiger partial charge < -0.3 is 0 Å². The Kier molecular flexibility index (Phi) is 21.0. The first-order valence-corrected chi connectivity index (χ1v) is 2.68. The Morgan fingerprint density at radius 2 is 1.88 bits per heavy atom. The smallest absolute Gasteiger partial charge is 0.00859 e.